The number of methoxy groups -OCH3 is 1. The van der Waals surface area contributed by atoms with Gasteiger partial charge in [0.15, 0.2) is 0 Å². The molecule has 5 nitrogen and oxygen atoms in total. The predicted octanol–water partition coefficient (Wildman–Crippen LogP) is 0.333. The van der Waals surface area contributed by atoms with Crippen molar-refractivity contribution in [2.24, 2.45) is 0 Å². The van der Waals surface area contributed by atoms with Crippen LogP contribution in [0.15, 0.2) is 24.3 Å². The topological polar surface area (TPSA) is 62.4 Å². The summed E-state index contributed by atoms with van der Waals surface area (Å²) in [6, 6.07) is 7.53. The normalized spacial score (nSPS) is 19.5. The van der Waals surface area contributed by atoms with Crippen LogP contribution in [0.25, 0.3) is 0 Å². The first-order valence-corrected chi connectivity index (χ1v) is 6.12. The lowest BCUT2D eigenvalue weighted by molar-refractivity contribution is -0.118. The highest BCUT2D eigenvalue weighted by Crippen LogP contribution is 2.10. The third kappa shape index (κ3) is 3.53. The van der Waals surface area contributed by atoms with Gasteiger partial charge in [0, 0.05) is 32.4 Å². The highest BCUT2D eigenvalue weighted by atomic mass is 16.5. The lowest BCUT2D eigenvalue weighted by atomic mass is 10.2. The van der Waals surface area contributed by atoms with Crippen LogP contribution in [0.3, 0.4) is 0 Å². The molecule has 98 valence electrons. The van der Waals surface area contributed by atoms with E-state index in [1.165, 1.54) is 0 Å². The Morgan fingerprint density at radius 3 is 2.78 bits per heavy atom. The lowest BCUT2D eigenvalue weighted by Crippen LogP contribution is -2.54. The number of anilines is 1. The molecule has 1 saturated heterocycles. The number of hydrogen-bond acceptors (Lipinski definition) is 4. The monoisotopic (exact) mass is 249 g/mol. The van der Waals surface area contributed by atoms with Crippen molar-refractivity contribution in [1.82, 2.24) is 10.6 Å². The highest BCUT2D eigenvalue weighted by Gasteiger charge is 2.19. The molecule has 1 aromatic rings. The molecule has 1 aromatic carbocycles. The number of ether oxygens (including phenoxy) is 1. The van der Waals surface area contributed by atoms with Gasteiger partial charge in [0.05, 0.1) is 12.6 Å². The third-order valence-corrected chi connectivity index (χ3v) is 2.89. The Balaban J connectivity index is 1.89. The van der Waals surface area contributed by atoms with Gasteiger partial charge >= 0.3 is 0 Å². The first-order valence-electron chi connectivity index (χ1n) is 6.12. The largest absolute Gasteiger partial charge is 0.380 e. The molecule has 1 aliphatic rings. The Hall–Kier alpha value is -1.43. The molecule has 3 N–H and O–H groups in total. The summed E-state index contributed by atoms with van der Waals surface area (Å²) in [6.45, 7) is 3.00. The maximum absolute atomic E-state index is 11.9. The molecule has 5 heteroatoms. The van der Waals surface area contributed by atoms with Crippen molar-refractivity contribution in [3.8, 4) is 0 Å². The van der Waals surface area contributed by atoms with E-state index >= 15 is 0 Å². The predicted molar refractivity (Wildman–Crippen MR) is 70.4 cm³/mol. The zero-order chi connectivity index (χ0) is 12.8. The van der Waals surface area contributed by atoms with Crippen LogP contribution in [0.5, 0.6) is 0 Å². The van der Waals surface area contributed by atoms with Crippen LogP contribution >= 0.6 is 0 Å². The molecular formula is C13H19N3O2. The van der Waals surface area contributed by atoms with Crippen molar-refractivity contribution in [2.45, 2.75) is 12.6 Å². The van der Waals surface area contributed by atoms with Crippen molar-refractivity contribution < 1.29 is 9.53 Å². The van der Waals surface area contributed by atoms with Gasteiger partial charge in [0.2, 0.25) is 5.91 Å². The summed E-state index contributed by atoms with van der Waals surface area (Å²) in [5.41, 5.74) is 1.90. The third-order valence-electron chi connectivity index (χ3n) is 2.89. The van der Waals surface area contributed by atoms with Gasteiger partial charge in [-0.05, 0) is 17.7 Å². The summed E-state index contributed by atoms with van der Waals surface area (Å²) >= 11 is 0. The van der Waals surface area contributed by atoms with Crippen molar-refractivity contribution >= 4 is 11.6 Å². The van der Waals surface area contributed by atoms with Crippen molar-refractivity contribution in [1.29, 1.82) is 0 Å². The van der Waals surface area contributed by atoms with E-state index in [0.717, 1.165) is 24.3 Å². The summed E-state index contributed by atoms with van der Waals surface area (Å²) in [5, 5.41) is 9.26. The fourth-order valence-electron chi connectivity index (χ4n) is 1.92. The molecule has 0 saturated carbocycles. The van der Waals surface area contributed by atoms with Crippen LogP contribution in [0.2, 0.25) is 0 Å². The minimum absolute atomic E-state index is 0.00157. The second-order valence-electron chi connectivity index (χ2n) is 4.33. The van der Waals surface area contributed by atoms with Crippen molar-refractivity contribution in [3.63, 3.8) is 0 Å². The Morgan fingerprint density at radius 2 is 2.17 bits per heavy atom. The van der Waals surface area contributed by atoms with Gasteiger partial charge in [0.1, 0.15) is 0 Å². The van der Waals surface area contributed by atoms with Crippen LogP contribution in [-0.4, -0.2) is 38.7 Å². The van der Waals surface area contributed by atoms with E-state index in [1.54, 1.807) is 7.11 Å². The smallest absolute Gasteiger partial charge is 0.242 e. The number of carbonyl (C=O) groups is 1. The van der Waals surface area contributed by atoms with Gasteiger partial charge in [-0.3, -0.25) is 4.79 Å². The first-order chi connectivity index (χ1) is 8.79. The van der Waals surface area contributed by atoms with Gasteiger partial charge in [-0.25, -0.2) is 0 Å². The second kappa shape index (κ2) is 6.49. The number of amides is 1. The van der Waals surface area contributed by atoms with Crippen LogP contribution in [0, 0.1) is 0 Å². The van der Waals surface area contributed by atoms with Crippen molar-refractivity contribution in [3.05, 3.63) is 29.8 Å². The van der Waals surface area contributed by atoms with Gasteiger partial charge in [-0.2, -0.15) is 0 Å². The van der Waals surface area contributed by atoms with E-state index in [1.807, 2.05) is 24.3 Å². The molecule has 1 amide bonds. The molecule has 0 bridgehead atoms. The molecule has 1 unspecified atom stereocenters. The molecule has 0 spiro atoms. The molecule has 1 atom stereocenters. The molecule has 1 fully saturated rings. The Morgan fingerprint density at radius 1 is 1.39 bits per heavy atom. The summed E-state index contributed by atoms with van der Waals surface area (Å²) in [4.78, 5) is 11.9. The zero-order valence-electron chi connectivity index (χ0n) is 10.5. The summed E-state index contributed by atoms with van der Waals surface area (Å²) in [5.74, 6) is 0.00157. The maximum Gasteiger partial charge on any atom is 0.242 e. The number of nitrogens with one attached hydrogen (secondary N) is 3. The quantitative estimate of drug-likeness (QED) is 0.720. The van der Waals surface area contributed by atoms with Gasteiger partial charge in [-0.1, -0.05) is 12.1 Å². The zero-order valence-corrected chi connectivity index (χ0v) is 10.5. The minimum atomic E-state index is -0.155. The van der Waals surface area contributed by atoms with E-state index < -0.39 is 0 Å². The average molecular weight is 249 g/mol. The molecule has 0 aliphatic carbocycles. The van der Waals surface area contributed by atoms with E-state index in [9.17, 15) is 4.79 Å². The molecule has 18 heavy (non-hydrogen) atoms. The standard InChI is InChI=1S/C13H19N3O2/c1-18-9-10-2-4-11(5-3-10)16-13(17)12-8-14-6-7-15-12/h2-5,12,14-15H,6-9H2,1H3,(H,16,17). The maximum atomic E-state index is 11.9. The van der Waals surface area contributed by atoms with Gasteiger partial charge in [-0.15, -0.1) is 0 Å². The molecular weight excluding hydrogens is 230 g/mol. The number of piperazine rings is 1. The summed E-state index contributed by atoms with van der Waals surface area (Å²) < 4.78 is 5.04. The molecule has 2 rings (SSSR count). The van der Waals surface area contributed by atoms with Crippen LogP contribution in [-0.2, 0) is 16.1 Å². The molecule has 1 aliphatic heterocycles. The Kier molecular flexibility index (Phi) is 4.69. The summed E-state index contributed by atoms with van der Waals surface area (Å²) in [6.07, 6.45) is 0. The van der Waals surface area contributed by atoms with Crippen LogP contribution in [0.1, 0.15) is 5.56 Å². The van der Waals surface area contributed by atoms with E-state index in [4.69, 9.17) is 4.74 Å². The Labute approximate surface area is 107 Å². The summed E-state index contributed by atoms with van der Waals surface area (Å²) in [7, 11) is 1.66. The SMILES string of the molecule is COCc1ccc(NC(=O)C2CNCCN2)cc1. The van der Waals surface area contributed by atoms with E-state index in [-0.39, 0.29) is 11.9 Å². The second-order valence-corrected chi connectivity index (χ2v) is 4.33. The van der Waals surface area contributed by atoms with Gasteiger partial charge < -0.3 is 20.7 Å². The van der Waals surface area contributed by atoms with E-state index in [2.05, 4.69) is 16.0 Å². The lowest BCUT2D eigenvalue weighted by Gasteiger charge is -2.23. The van der Waals surface area contributed by atoms with Gasteiger partial charge in [0.25, 0.3) is 0 Å². The molecule has 0 radical (unpaired) electrons. The number of rotatable bonds is 4. The minimum Gasteiger partial charge on any atom is -0.380 e. The van der Waals surface area contributed by atoms with Crippen molar-refractivity contribution in [2.75, 3.05) is 32.1 Å². The molecule has 0 aromatic heterocycles. The Bertz CT molecular complexity index is 386. The number of carbonyl (C=O) groups excluding carboxylic acids is 1. The fraction of sp³-hybridized carbons (Fsp3) is 0.462. The van der Waals surface area contributed by atoms with Crippen LogP contribution < -0.4 is 16.0 Å². The van der Waals surface area contributed by atoms with E-state index in [0.29, 0.717) is 13.2 Å². The number of hydrogen-bond donors (Lipinski definition) is 3. The number of benzene rings is 1. The first kappa shape index (κ1) is 13.0. The van der Waals surface area contributed by atoms with Crippen LogP contribution in [0.4, 0.5) is 5.69 Å². The fourth-order valence-corrected chi connectivity index (χ4v) is 1.92. The highest BCUT2D eigenvalue weighted by molar-refractivity contribution is 5.95. The molecule has 1 heterocycles. The average Bonchev–Trinajstić information content (AvgIpc) is 2.42.